The summed E-state index contributed by atoms with van der Waals surface area (Å²) in [5, 5.41) is 29.6. The molecule has 0 aliphatic rings. The summed E-state index contributed by atoms with van der Waals surface area (Å²) in [6, 6.07) is 0. The summed E-state index contributed by atoms with van der Waals surface area (Å²) in [6.45, 7) is 7.73. The number of carbonyl (C=O) groups excluding carboxylic acids is 1. The van der Waals surface area contributed by atoms with Crippen LogP contribution in [0.5, 0.6) is 0 Å². The Morgan fingerprint density at radius 3 is 1.81 bits per heavy atom. The molecule has 0 heterocycles. The van der Waals surface area contributed by atoms with Gasteiger partial charge in [0.05, 0.1) is 26.4 Å². The molecule has 0 amide bonds. The van der Waals surface area contributed by atoms with Crippen LogP contribution < -0.4 is 51.4 Å². The summed E-state index contributed by atoms with van der Waals surface area (Å²) in [7, 11) is 0. The molecule has 1 radical (unpaired) electrons. The molecule has 0 saturated carbocycles. The Bertz CT molecular complexity index is 389. The zero-order chi connectivity index (χ0) is 25.5. The van der Waals surface area contributed by atoms with Crippen LogP contribution in [0, 0.1) is 5.92 Å². The molecule has 0 saturated heterocycles. The molecule has 209 valence electrons. The number of hydrogen-bond acceptors (Lipinski definition) is 7. The third kappa shape index (κ3) is 40.5. The van der Waals surface area contributed by atoms with Crippen molar-refractivity contribution < 1.29 is 119 Å². The molecular weight excluding hydrogens is 566 g/mol. The quantitative estimate of drug-likeness (QED) is 0.0472. The van der Waals surface area contributed by atoms with Crippen LogP contribution in [0.3, 0.4) is 0 Å². The van der Waals surface area contributed by atoms with E-state index in [1.165, 1.54) is 51.4 Å². The molecule has 8 nitrogen and oxygen atoms in total. The zero-order valence-electron chi connectivity index (χ0n) is 23.6. The Hall–Kier alpha value is 1.97. The van der Waals surface area contributed by atoms with Crippen LogP contribution >= 0.6 is 0 Å². The second kappa shape index (κ2) is 41.5. The largest absolute Gasteiger partial charge is 1.00 e. The SMILES string of the molecule is CCCCCCCCCCOCCCCCCC(=O)OCC(CO)CO.CC[N-]CCCOO.[K+].[Y]. The monoisotopic (exact) mass is 620 g/mol. The molecule has 0 unspecified atom stereocenters. The summed E-state index contributed by atoms with van der Waals surface area (Å²) in [4.78, 5) is 15.3. The molecule has 0 fully saturated rings. The van der Waals surface area contributed by atoms with Gasteiger partial charge < -0.3 is 25.0 Å². The van der Waals surface area contributed by atoms with E-state index in [4.69, 9.17) is 24.9 Å². The number of rotatable bonds is 25. The van der Waals surface area contributed by atoms with Gasteiger partial charge in [-0.05, 0) is 25.7 Å². The number of carbonyl (C=O) groups is 1. The van der Waals surface area contributed by atoms with Gasteiger partial charge in [0.1, 0.15) is 0 Å². The van der Waals surface area contributed by atoms with Gasteiger partial charge in [0.15, 0.2) is 0 Å². The second-order valence-corrected chi connectivity index (χ2v) is 8.62. The smallest absolute Gasteiger partial charge is 0.662 e. The van der Waals surface area contributed by atoms with E-state index in [0.29, 0.717) is 13.0 Å². The van der Waals surface area contributed by atoms with Crippen molar-refractivity contribution in [1.82, 2.24) is 0 Å². The van der Waals surface area contributed by atoms with Crippen molar-refractivity contribution in [2.45, 2.75) is 104 Å². The standard InChI is InChI=1S/C21H42O5.C5H12NO2.K.Y/c1-2-3-4-5-6-7-9-12-15-25-16-13-10-8-11-14-21(24)26-19-20(17-22)18-23;1-2-6-4-3-5-8-7;;/h20,22-23H,2-19H2,1H3;7H,2-5H2,1H3;;/q;-1;+1;. The summed E-state index contributed by atoms with van der Waals surface area (Å²) < 4.78 is 10.7. The summed E-state index contributed by atoms with van der Waals surface area (Å²) in [5.41, 5.74) is 0. The van der Waals surface area contributed by atoms with Gasteiger partial charge in [-0.3, -0.25) is 10.1 Å². The summed E-state index contributed by atoms with van der Waals surface area (Å²) in [6.07, 6.45) is 15.7. The van der Waals surface area contributed by atoms with E-state index in [-0.39, 0.29) is 116 Å². The van der Waals surface area contributed by atoms with Gasteiger partial charge in [0.25, 0.3) is 0 Å². The summed E-state index contributed by atoms with van der Waals surface area (Å²) in [5.74, 6) is -0.611. The van der Waals surface area contributed by atoms with Gasteiger partial charge in [-0.1, -0.05) is 71.6 Å². The van der Waals surface area contributed by atoms with E-state index in [9.17, 15) is 4.79 Å². The fourth-order valence-corrected chi connectivity index (χ4v) is 3.11. The van der Waals surface area contributed by atoms with E-state index >= 15 is 0 Å². The molecule has 0 rings (SSSR count). The number of aliphatic hydroxyl groups is 2. The molecule has 0 aromatic heterocycles. The minimum absolute atomic E-state index is 0. The van der Waals surface area contributed by atoms with Crippen molar-refractivity contribution in [3.8, 4) is 0 Å². The second-order valence-electron chi connectivity index (χ2n) is 8.62. The number of unbranched alkanes of at least 4 members (excludes halogenated alkanes) is 10. The van der Waals surface area contributed by atoms with Gasteiger partial charge in [0, 0.05) is 58.3 Å². The normalized spacial score (nSPS) is 10.3. The number of aliphatic hydroxyl groups excluding tert-OH is 2. The predicted octanol–water partition coefficient (Wildman–Crippen LogP) is 2.50. The zero-order valence-corrected chi connectivity index (χ0v) is 29.6. The molecular formula is C26H54KNO7Y. The maximum Gasteiger partial charge on any atom is 1.00 e. The van der Waals surface area contributed by atoms with Crippen LogP contribution in [0.4, 0.5) is 0 Å². The average Bonchev–Trinajstić information content (AvgIpc) is 2.85. The van der Waals surface area contributed by atoms with Crippen molar-refractivity contribution in [1.29, 1.82) is 0 Å². The first-order chi connectivity index (χ1) is 16.7. The van der Waals surface area contributed by atoms with Crippen molar-refractivity contribution in [3.05, 3.63) is 5.32 Å². The Morgan fingerprint density at radius 1 is 0.778 bits per heavy atom. The Balaban J connectivity index is -0.000000440. The van der Waals surface area contributed by atoms with Crippen molar-refractivity contribution in [2.75, 3.05) is 52.7 Å². The van der Waals surface area contributed by atoms with Gasteiger partial charge in [-0.15, -0.1) is 6.54 Å². The van der Waals surface area contributed by atoms with Crippen LogP contribution in [0.1, 0.15) is 104 Å². The first-order valence-electron chi connectivity index (χ1n) is 13.5. The van der Waals surface area contributed by atoms with E-state index in [1.54, 1.807) is 0 Å². The molecule has 0 bridgehead atoms. The molecule has 0 aliphatic heterocycles. The van der Waals surface area contributed by atoms with Crippen LogP contribution in [-0.4, -0.2) is 74.2 Å². The number of nitrogens with zero attached hydrogens (tertiary/aromatic N) is 1. The fourth-order valence-electron chi connectivity index (χ4n) is 3.11. The van der Waals surface area contributed by atoms with Crippen molar-refractivity contribution >= 4 is 5.97 Å². The third-order valence-corrected chi connectivity index (χ3v) is 5.33. The van der Waals surface area contributed by atoms with Crippen LogP contribution in [0.2, 0.25) is 0 Å². The molecule has 0 aromatic rings. The Morgan fingerprint density at radius 2 is 1.31 bits per heavy atom. The van der Waals surface area contributed by atoms with E-state index < -0.39 is 0 Å². The molecule has 0 spiro atoms. The van der Waals surface area contributed by atoms with E-state index in [2.05, 4.69) is 17.1 Å². The fraction of sp³-hybridized carbons (Fsp3) is 0.962. The van der Waals surface area contributed by atoms with Crippen LogP contribution in [-0.2, 0) is 51.9 Å². The number of esters is 1. The van der Waals surface area contributed by atoms with Gasteiger partial charge in [-0.2, -0.15) is 6.54 Å². The topological polar surface area (TPSA) is 120 Å². The first-order valence-corrected chi connectivity index (χ1v) is 13.5. The molecule has 0 atom stereocenters. The predicted molar refractivity (Wildman–Crippen MR) is 137 cm³/mol. The van der Waals surface area contributed by atoms with E-state index in [1.807, 2.05) is 6.92 Å². The van der Waals surface area contributed by atoms with Gasteiger partial charge in [-0.25, -0.2) is 4.89 Å². The van der Waals surface area contributed by atoms with Crippen LogP contribution in [0.25, 0.3) is 5.32 Å². The maximum atomic E-state index is 11.5. The summed E-state index contributed by atoms with van der Waals surface area (Å²) >= 11 is 0. The minimum atomic E-state index is -0.364. The van der Waals surface area contributed by atoms with Crippen molar-refractivity contribution in [3.63, 3.8) is 0 Å². The number of ether oxygens (including phenoxy) is 2. The molecule has 10 heteroatoms. The first kappa shape index (κ1) is 45.0. The minimum Gasteiger partial charge on any atom is -0.662 e. The van der Waals surface area contributed by atoms with Crippen molar-refractivity contribution in [2.24, 2.45) is 5.92 Å². The van der Waals surface area contributed by atoms with Gasteiger partial charge >= 0.3 is 57.4 Å². The van der Waals surface area contributed by atoms with Gasteiger partial charge in [0.2, 0.25) is 0 Å². The average molecular weight is 621 g/mol. The Kier molecular flexibility index (Phi) is 51.8. The van der Waals surface area contributed by atoms with E-state index in [0.717, 1.165) is 58.4 Å². The molecule has 36 heavy (non-hydrogen) atoms. The Labute approximate surface area is 289 Å². The molecule has 0 aromatic carbocycles. The third-order valence-electron chi connectivity index (χ3n) is 5.33. The molecule has 3 N–H and O–H groups in total. The maximum absolute atomic E-state index is 11.5. The molecule has 0 aliphatic carbocycles. The van der Waals surface area contributed by atoms with Crippen LogP contribution in [0.15, 0.2) is 0 Å². The number of hydrogen-bond donors (Lipinski definition) is 3.